The third-order valence-corrected chi connectivity index (χ3v) is 2.62. The van der Waals surface area contributed by atoms with Crippen molar-refractivity contribution in [2.75, 3.05) is 17.2 Å². The average Bonchev–Trinajstić information content (AvgIpc) is 2.48. The molecule has 106 valence electrons. The SMILES string of the molecule is Cc1ccc(NC(=O)Nc2cccc(C#CCN)n2)cc1. The number of rotatable bonds is 2. The van der Waals surface area contributed by atoms with Gasteiger partial charge in [-0.2, -0.15) is 0 Å². The number of pyridine rings is 1. The van der Waals surface area contributed by atoms with Gasteiger partial charge in [0.2, 0.25) is 0 Å². The molecule has 0 bridgehead atoms. The molecule has 21 heavy (non-hydrogen) atoms. The van der Waals surface area contributed by atoms with E-state index in [1.807, 2.05) is 31.2 Å². The first-order chi connectivity index (χ1) is 10.2. The highest BCUT2D eigenvalue weighted by Gasteiger charge is 2.03. The molecular weight excluding hydrogens is 264 g/mol. The van der Waals surface area contributed by atoms with Crippen LogP contribution in [0.2, 0.25) is 0 Å². The molecule has 4 N–H and O–H groups in total. The molecule has 5 heteroatoms. The molecule has 0 spiro atoms. The summed E-state index contributed by atoms with van der Waals surface area (Å²) in [5, 5.41) is 5.40. The Bertz CT molecular complexity index is 683. The lowest BCUT2D eigenvalue weighted by Gasteiger charge is -2.07. The van der Waals surface area contributed by atoms with Crippen LogP contribution < -0.4 is 16.4 Å². The van der Waals surface area contributed by atoms with Crippen molar-refractivity contribution in [1.82, 2.24) is 4.98 Å². The number of hydrogen-bond acceptors (Lipinski definition) is 3. The van der Waals surface area contributed by atoms with Gasteiger partial charge in [-0.25, -0.2) is 9.78 Å². The van der Waals surface area contributed by atoms with Crippen molar-refractivity contribution in [3.63, 3.8) is 0 Å². The largest absolute Gasteiger partial charge is 0.324 e. The van der Waals surface area contributed by atoms with Gasteiger partial charge in [-0.15, -0.1) is 0 Å². The fourth-order valence-electron chi connectivity index (χ4n) is 1.63. The summed E-state index contributed by atoms with van der Waals surface area (Å²) in [6, 6.07) is 12.4. The van der Waals surface area contributed by atoms with Gasteiger partial charge in [0, 0.05) is 5.69 Å². The molecule has 0 unspecified atom stereocenters. The number of carbonyl (C=O) groups is 1. The van der Waals surface area contributed by atoms with E-state index in [-0.39, 0.29) is 12.6 Å². The van der Waals surface area contributed by atoms with Crippen molar-refractivity contribution in [2.24, 2.45) is 5.73 Å². The quantitative estimate of drug-likeness (QED) is 0.739. The fourth-order valence-corrected chi connectivity index (χ4v) is 1.63. The van der Waals surface area contributed by atoms with Gasteiger partial charge in [0.05, 0.1) is 6.54 Å². The molecule has 1 aromatic carbocycles. The highest BCUT2D eigenvalue weighted by molar-refractivity contribution is 5.99. The molecule has 5 nitrogen and oxygen atoms in total. The van der Waals surface area contributed by atoms with Crippen LogP contribution in [0.15, 0.2) is 42.5 Å². The number of benzene rings is 1. The normalized spacial score (nSPS) is 9.43. The standard InChI is InChI=1S/C16H16N4O/c1-12-7-9-14(10-8-12)19-16(21)20-15-6-2-4-13(18-15)5-3-11-17/h2,4,6-10H,11,17H2,1H3,(H2,18,19,20,21). The monoisotopic (exact) mass is 280 g/mol. The van der Waals surface area contributed by atoms with E-state index < -0.39 is 0 Å². The van der Waals surface area contributed by atoms with E-state index in [4.69, 9.17) is 5.73 Å². The zero-order valence-corrected chi connectivity index (χ0v) is 11.7. The summed E-state index contributed by atoms with van der Waals surface area (Å²) in [4.78, 5) is 16.1. The van der Waals surface area contributed by atoms with Crippen LogP contribution in [-0.2, 0) is 0 Å². The zero-order chi connectivity index (χ0) is 15.1. The first kappa shape index (κ1) is 14.6. The number of amides is 2. The van der Waals surface area contributed by atoms with E-state index >= 15 is 0 Å². The first-order valence-electron chi connectivity index (χ1n) is 6.48. The minimum absolute atomic E-state index is 0.271. The molecule has 0 fully saturated rings. The second-order valence-corrected chi connectivity index (χ2v) is 4.36. The number of anilines is 2. The predicted molar refractivity (Wildman–Crippen MR) is 84.0 cm³/mol. The molecule has 1 aromatic heterocycles. The Hall–Kier alpha value is -2.84. The summed E-state index contributed by atoms with van der Waals surface area (Å²) in [5.41, 5.74) is 7.73. The van der Waals surface area contributed by atoms with Crippen LogP contribution in [0.3, 0.4) is 0 Å². The molecule has 2 amide bonds. The maximum Gasteiger partial charge on any atom is 0.324 e. The number of nitrogens with one attached hydrogen (secondary N) is 2. The molecule has 0 aliphatic carbocycles. The number of nitrogens with zero attached hydrogens (tertiary/aromatic N) is 1. The van der Waals surface area contributed by atoms with Gasteiger partial charge in [0.15, 0.2) is 0 Å². The van der Waals surface area contributed by atoms with E-state index in [1.54, 1.807) is 18.2 Å². The van der Waals surface area contributed by atoms with Crippen LogP contribution in [0.25, 0.3) is 0 Å². The lowest BCUT2D eigenvalue weighted by Crippen LogP contribution is -2.20. The van der Waals surface area contributed by atoms with Crippen LogP contribution in [0, 0.1) is 18.8 Å². The maximum atomic E-state index is 11.9. The van der Waals surface area contributed by atoms with Gasteiger partial charge >= 0.3 is 6.03 Å². The molecule has 1 heterocycles. The van der Waals surface area contributed by atoms with E-state index in [0.717, 1.165) is 11.3 Å². The van der Waals surface area contributed by atoms with Crippen molar-refractivity contribution >= 4 is 17.5 Å². The summed E-state index contributed by atoms with van der Waals surface area (Å²) in [6.07, 6.45) is 0. The topological polar surface area (TPSA) is 80.0 Å². The van der Waals surface area contributed by atoms with Crippen molar-refractivity contribution in [1.29, 1.82) is 0 Å². The van der Waals surface area contributed by atoms with Crippen molar-refractivity contribution in [2.45, 2.75) is 6.92 Å². The third kappa shape index (κ3) is 4.64. The molecular formula is C16H16N4O. The Kier molecular flexibility index (Phi) is 4.91. The van der Waals surface area contributed by atoms with Gasteiger partial charge < -0.3 is 11.1 Å². The Morgan fingerprint density at radius 1 is 1.19 bits per heavy atom. The zero-order valence-electron chi connectivity index (χ0n) is 11.7. The van der Waals surface area contributed by atoms with Gasteiger partial charge in [0.25, 0.3) is 0 Å². The summed E-state index contributed by atoms with van der Waals surface area (Å²) in [6.45, 7) is 2.26. The summed E-state index contributed by atoms with van der Waals surface area (Å²) >= 11 is 0. The highest BCUT2D eigenvalue weighted by atomic mass is 16.2. The highest BCUT2D eigenvalue weighted by Crippen LogP contribution is 2.10. The fraction of sp³-hybridized carbons (Fsp3) is 0.125. The third-order valence-electron chi connectivity index (χ3n) is 2.62. The van der Waals surface area contributed by atoms with Gasteiger partial charge in [-0.1, -0.05) is 29.7 Å². The molecule has 0 saturated heterocycles. The molecule has 0 atom stereocenters. The van der Waals surface area contributed by atoms with Gasteiger partial charge in [-0.3, -0.25) is 5.32 Å². The lowest BCUT2D eigenvalue weighted by atomic mass is 10.2. The summed E-state index contributed by atoms with van der Waals surface area (Å²) < 4.78 is 0. The summed E-state index contributed by atoms with van der Waals surface area (Å²) in [7, 11) is 0. The van der Waals surface area contributed by atoms with Crippen LogP contribution in [0.1, 0.15) is 11.3 Å². The first-order valence-corrected chi connectivity index (χ1v) is 6.48. The predicted octanol–water partition coefficient (Wildman–Crippen LogP) is 2.34. The van der Waals surface area contributed by atoms with Crippen LogP contribution in [-0.4, -0.2) is 17.6 Å². The molecule has 2 aromatic rings. The molecule has 0 saturated carbocycles. The van der Waals surface area contributed by atoms with Gasteiger partial charge in [0.1, 0.15) is 11.5 Å². The molecule has 2 rings (SSSR count). The van der Waals surface area contributed by atoms with E-state index in [2.05, 4.69) is 27.5 Å². The molecule has 0 radical (unpaired) electrons. The van der Waals surface area contributed by atoms with Crippen LogP contribution >= 0.6 is 0 Å². The summed E-state index contributed by atoms with van der Waals surface area (Å²) in [5.74, 6) is 5.97. The lowest BCUT2D eigenvalue weighted by molar-refractivity contribution is 0.262. The number of nitrogens with two attached hydrogens (primary N) is 1. The Balaban J connectivity index is 2.00. The van der Waals surface area contributed by atoms with Crippen molar-refractivity contribution in [3.8, 4) is 11.8 Å². The molecule has 0 aliphatic heterocycles. The average molecular weight is 280 g/mol. The number of aromatic nitrogens is 1. The van der Waals surface area contributed by atoms with Crippen molar-refractivity contribution < 1.29 is 4.79 Å². The maximum absolute atomic E-state index is 11.9. The van der Waals surface area contributed by atoms with E-state index in [0.29, 0.717) is 11.5 Å². The minimum atomic E-state index is -0.352. The Labute approximate surface area is 123 Å². The number of carbonyl (C=O) groups excluding carboxylic acids is 1. The Morgan fingerprint density at radius 3 is 2.67 bits per heavy atom. The second-order valence-electron chi connectivity index (χ2n) is 4.36. The van der Waals surface area contributed by atoms with Gasteiger partial charge in [-0.05, 0) is 37.1 Å². The van der Waals surface area contributed by atoms with Crippen LogP contribution in [0.4, 0.5) is 16.3 Å². The van der Waals surface area contributed by atoms with E-state index in [1.165, 1.54) is 0 Å². The smallest absolute Gasteiger partial charge is 0.320 e. The second kappa shape index (κ2) is 7.08. The van der Waals surface area contributed by atoms with E-state index in [9.17, 15) is 4.79 Å². The van der Waals surface area contributed by atoms with Crippen LogP contribution in [0.5, 0.6) is 0 Å². The minimum Gasteiger partial charge on any atom is -0.320 e. The number of urea groups is 1. The number of aryl methyl sites for hydroxylation is 1. The van der Waals surface area contributed by atoms with Crippen molar-refractivity contribution in [3.05, 3.63) is 53.7 Å². The number of hydrogen-bond donors (Lipinski definition) is 3. The molecule has 0 aliphatic rings. The Morgan fingerprint density at radius 2 is 1.95 bits per heavy atom.